The minimum Gasteiger partial charge on any atom is -0.359 e. The summed E-state index contributed by atoms with van der Waals surface area (Å²) in [5.41, 5.74) is 3.10. The molecular weight excluding hydrogens is 307 g/mol. The number of H-pyrrole nitrogens is 1. The summed E-state index contributed by atoms with van der Waals surface area (Å²) >= 11 is 12.0. The summed E-state index contributed by atoms with van der Waals surface area (Å²) in [5.74, 6) is -0.283. The molecule has 0 unspecified atom stereocenters. The lowest BCUT2D eigenvalue weighted by Gasteiger charge is -2.08. The standard InChI is InChI=1S/C16H12Cl2N2O/c1-9-7-12-14(19-9)3-2-4-15(12)20-16(21)11-8-10(17)5-6-13(11)18/h2-8,19H,1H3,(H,20,21). The Hall–Kier alpha value is -1.97. The van der Waals surface area contributed by atoms with Gasteiger partial charge in [-0.3, -0.25) is 4.79 Å². The van der Waals surface area contributed by atoms with Gasteiger partial charge in [0.2, 0.25) is 0 Å². The number of benzene rings is 2. The monoisotopic (exact) mass is 318 g/mol. The molecule has 0 atom stereocenters. The predicted octanol–water partition coefficient (Wildman–Crippen LogP) is 5.04. The van der Waals surface area contributed by atoms with Crippen LogP contribution >= 0.6 is 23.2 Å². The van der Waals surface area contributed by atoms with Gasteiger partial charge < -0.3 is 10.3 Å². The first-order valence-electron chi connectivity index (χ1n) is 6.39. The lowest BCUT2D eigenvalue weighted by Crippen LogP contribution is -2.12. The van der Waals surface area contributed by atoms with Crippen LogP contribution in [0.4, 0.5) is 5.69 Å². The molecule has 1 heterocycles. The van der Waals surface area contributed by atoms with Crippen molar-refractivity contribution in [3.05, 3.63) is 63.8 Å². The molecule has 0 aliphatic rings. The largest absolute Gasteiger partial charge is 0.359 e. The lowest BCUT2D eigenvalue weighted by atomic mass is 10.1. The minimum absolute atomic E-state index is 0.283. The minimum atomic E-state index is -0.283. The maximum atomic E-state index is 12.4. The van der Waals surface area contributed by atoms with Gasteiger partial charge in [-0.2, -0.15) is 0 Å². The SMILES string of the molecule is Cc1cc2c(NC(=O)c3cc(Cl)ccc3Cl)cccc2[nH]1. The molecule has 2 N–H and O–H groups in total. The maximum Gasteiger partial charge on any atom is 0.257 e. The number of nitrogens with one attached hydrogen (secondary N) is 2. The van der Waals surface area contributed by atoms with Crippen LogP contribution in [0.25, 0.3) is 10.9 Å². The van der Waals surface area contributed by atoms with Gasteiger partial charge in [-0.05, 0) is 43.3 Å². The number of aryl methyl sites for hydroxylation is 1. The Bertz CT molecular complexity index is 839. The molecule has 1 amide bonds. The maximum absolute atomic E-state index is 12.4. The van der Waals surface area contributed by atoms with Crippen molar-refractivity contribution in [2.75, 3.05) is 5.32 Å². The number of hydrogen-bond acceptors (Lipinski definition) is 1. The molecule has 0 aliphatic carbocycles. The van der Waals surface area contributed by atoms with E-state index in [1.807, 2.05) is 31.2 Å². The molecule has 0 aliphatic heterocycles. The molecule has 5 heteroatoms. The van der Waals surface area contributed by atoms with Gasteiger partial charge in [0.15, 0.2) is 0 Å². The Morgan fingerprint density at radius 2 is 1.95 bits per heavy atom. The van der Waals surface area contributed by atoms with Crippen LogP contribution in [0.5, 0.6) is 0 Å². The zero-order valence-corrected chi connectivity index (χ0v) is 12.7. The predicted molar refractivity (Wildman–Crippen MR) is 87.5 cm³/mol. The highest BCUT2D eigenvalue weighted by Gasteiger charge is 2.13. The number of aromatic amines is 1. The molecule has 0 bridgehead atoms. The van der Waals surface area contributed by atoms with E-state index in [1.54, 1.807) is 18.2 Å². The highest BCUT2D eigenvalue weighted by molar-refractivity contribution is 6.36. The van der Waals surface area contributed by atoms with Crippen LogP contribution in [0, 0.1) is 6.92 Å². The first kappa shape index (κ1) is 14.0. The van der Waals surface area contributed by atoms with Crippen molar-refractivity contribution in [1.82, 2.24) is 4.98 Å². The van der Waals surface area contributed by atoms with Gasteiger partial charge in [0, 0.05) is 21.6 Å². The second-order valence-corrected chi connectivity index (χ2v) is 5.64. The highest BCUT2D eigenvalue weighted by atomic mass is 35.5. The molecular formula is C16H12Cl2N2O. The first-order valence-corrected chi connectivity index (χ1v) is 7.15. The van der Waals surface area contributed by atoms with Crippen molar-refractivity contribution >= 4 is 45.7 Å². The van der Waals surface area contributed by atoms with Crippen molar-refractivity contribution in [3.8, 4) is 0 Å². The second-order valence-electron chi connectivity index (χ2n) is 4.80. The van der Waals surface area contributed by atoms with E-state index >= 15 is 0 Å². The number of carbonyl (C=O) groups is 1. The zero-order chi connectivity index (χ0) is 15.0. The van der Waals surface area contributed by atoms with Crippen molar-refractivity contribution in [1.29, 1.82) is 0 Å². The van der Waals surface area contributed by atoms with E-state index in [-0.39, 0.29) is 5.91 Å². The fraction of sp³-hybridized carbons (Fsp3) is 0.0625. The average molecular weight is 319 g/mol. The van der Waals surface area contributed by atoms with Crippen molar-refractivity contribution < 1.29 is 4.79 Å². The number of halogens is 2. The van der Waals surface area contributed by atoms with Gasteiger partial charge in [0.1, 0.15) is 0 Å². The Kier molecular flexibility index (Phi) is 3.62. The van der Waals surface area contributed by atoms with E-state index < -0.39 is 0 Å². The van der Waals surface area contributed by atoms with E-state index in [4.69, 9.17) is 23.2 Å². The van der Waals surface area contributed by atoms with Crippen molar-refractivity contribution in [2.24, 2.45) is 0 Å². The summed E-state index contributed by atoms with van der Waals surface area (Å²) in [4.78, 5) is 15.6. The molecule has 3 nitrogen and oxygen atoms in total. The van der Waals surface area contributed by atoms with E-state index in [0.29, 0.717) is 15.6 Å². The van der Waals surface area contributed by atoms with Crippen LogP contribution in [-0.2, 0) is 0 Å². The molecule has 21 heavy (non-hydrogen) atoms. The number of aromatic nitrogens is 1. The van der Waals surface area contributed by atoms with Crippen LogP contribution in [-0.4, -0.2) is 10.9 Å². The Morgan fingerprint density at radius 3 is 2.76 bits per heavy atom. The number of hydrogen-bond donors (Lipinski definition) is 2. The molecule has 0 spiro atoms. The molecule has 0 saturated carbocycles. The number of fused-ring (bicyclic) bond motifs is 1. The Balaban J connectivity index is 1.98. The zero-order valence-electron chi connectivity index (χ0n) is 11.2. The summed E-state index contributed by atoms with van der Waals surface area (Å²) in [6, 6.07) is 12.5. The number of carbonyl (C=O) groups excluding carboxylic acids is 1. The summed E-state index contributed by atoms with van der Waals surface area (Å²) in [5, 5.41) is 4.68. The van der Waals surface area contributed by atoms with Crippen molar-refractivity contribution in [2.45, 2.75) is 6.92 Å². The number of anilines is 1. The molecule has 0 fully saturated rings. The van der Waals surface area contributed by atoms with Gasteiger partial charge in [-0.1, -0.05) is 29.3 Å². The Morgan fingerprint density at radius 1 is 1.14 bits per heavy atom. The van der Waals surface area contributed by atoms with E-state index in [9.17, 15) is 4.79 Å². The normalized spacial score (nSPS) is 10.8. The molecule has 3 aromatic rings. The van der Waals surface area contributed by atoms with Gasteiger partial charge in [-0.25, -0.2) is 0 Å². The van der Waals surface area contributed by atoms with Gasteiger partial charge in [0.05, 0.1) is 16.3 Å². The summed E-state index contributed by atoms with van der Waals surface area (Å²) < 4.78 is 0. The summed E-state index contributed by atoms with van der Waals surface area (Å²) in [6.07, 6.45) is 0. The lowest BCUT2D eigenvalue weighted by molar-refractivity contribution is 0.102. The Labute approximate surface area is 131 Å². The summed E-state index contributed by atoms with van der Waals surface area (Å²) in [6.45, 7) is 1.97. The summed E-state index contributed by atoms with van der Waals surface area (Å²) in [7, 11) is 0. The molecule has 3 rings (SSSR count). The molecule has 1 aromatic heterocycles. The fourth-order valence-corrected chi connectivity index (χ4v) is 2.64. The third-order valence-electron chi connectivity index (χ3n) is 3.22. The fourth-order valence-electron chi connectivity index (χ4n) is 2.26. The first-order chi connectivity index (χ1) is 10.0. The molecule has 0 saturated heterocycles. The van der Waals surface area contributed by atoms with Crippen LogP contribution in [0.3, 0.4) is 0 Å². The molecule has 2 aromatic carbocycles. The van der Waals surface area contributed by atoms with Crippen LogP contribution in [0.1, 0.15) is 16.1 Å². The second kappa shape index (κ2) is 5.43. The highest BCUT2D eigenvalue weighted by Crippen LogP contribution is 2.26. The van der Waals surface area contributed by atoms with Crippen LogP contribution in [0.15, 0.2) is 42.5 Å². The molecule has 106 valence electrons. The third kappa shape index (κ3) is 2.75. The van der Waals surface area contributed by atoms with Crippen molar-refractivity contribution in [3.63, 3.8) is 0 Å². The smallest absolute Gasteiger partial charge is 0.257 e. The van der Waals surface area contributed by atoms with E-state index in [2.05, 4.69) is 10.3 Å². The van der Waals surface area contributed by atoms with Gasteiger partial charge in [0.25, 0.3) is 5.91 Å². The quantitative estimate of drug-likeness (QED) is 0.683. The van der Waals surface area contributed by atoms with E-state index in [0.717, 1.165) is 22.3 Å². The molecule has 0 radical (unpaired) electrons. The number of rotatable bonds is 2. The van der Waals surface area contributed by atoms with Gasteiger partial charge >= 0.3 is 0 Å². The third-order valence-corrected chi connectivity index (χ3v) is 3.78. The van der Waals surface area contributed by atoms with Crippen LogP contribution < -0.4 is 5.32 Å². The van der Waals surface area contributed by atoms with E-state index in [1.165, 1.54) is 0 Å². The average Bonchev–Trinajstić information content (AvgIpc) is 2.83. The van der Waals surface area contributed by atoms with Crippen LogP contribution in [0.2, 0.25) is 10.0 Å². The topological polar surface area (TPSA) is 44.9 Å². The van der Waals surface area contributed by atoms with Gasteiger partial charge in [-0.15, -0.1) is 0 Å². The number of amides is 1.